The standard InChI is InChI=1S/C15H20N2O2/c1-2-19-15(18)12-4-3-7-16-14(12)17-13-9-10-5-6-11(13)8-10/h3-4,7,10-11,13H,2,5-6,8-9H2,1H3,(H,16,17). The lowest BCUT2D eigenvalue weighted by Gasteiger charge is -2.24. The van der Waals surface area contributed by atoms with Gasteiger partial charge in [0.2, 0.25) is 0 Å². The van der Waals surface area contributed by atoms with Crippen molar-refractivity contribution in [3.05, 3.63) is 23.9 Å². The minimum Gasteiger partial charge on any atom is -0.462 e. The molecule has 0 aromatic carbocycles. The van der Waals surface area contributed by atoms with Gasteiger partial charge in [0.1, 0.15) is 11.4 Å². The summed E-state index contributed by atoms with van der Waals surface area (Å²) in [6, 6.07) is 4.03. The highest BCUT2D eigenvalue weighted by Gasteiger charge is 2.39. The fourth-order valence-corrected chi connectivity index (χ4v) is 3.49. The smallest absolute Gasteiger partial charge is 0.341 e. The van der Waals surface area contributed by atoms with E-state index < -0.39 is 0 Å². The van der Waals surface area contributed by atoms with Crippen molar-refractivity contribution in [2.75, 3.05) is 11.9 Å². The maximum absolute atomic E-state index is 11.9. The molecular formula is C15H20N2O2. The van der Waals surface area contributed by atoms with Crippen LogP contribution in [0, 0.1) is 11.8 Å². The van der Waals surface area contributed by atoms with Crippen molar-refractivity contribution in [1.82, 2.24) is 4.98 Å². The normalized spacial score (nSPS) is 28.4. The Morgan fingerprint density at radius 1 is 1.47 bits per heavy atom. The Hall–Kier alpha value is -1.58. The Bertz CT molecular complexity index is 475. The highest BCUT2D eigenvalue weighted by atomic mass is 16.5. The third kappa shape index (κ3) is 2.44. The lowest BCUT2D eigenvalue weighted by atomic mass is 9.95. The van der Waals surface area contributed by atoms with Gasteiger partial charge in [-0.1, -0.05) is 6.42 Å². The first-order chi connectivity index (χ1) is 9.28. The van der Waals surface area contributed by atoms with Crippen LogP contribution in [0.2, 0.25) is 0 Å². The largest absolute Gasteiger partial charge is 0.462 e. The zero-order valence-electron chi connectivity index (χ0n) is 11.3. The number of ether oxygens (including phenoxy) is 1. The molecular weight excluding hydrogens is 240 g/mol. The topological polar surface area (TPSA) is 51.2 Å². The first-order valence-corrected chi connectivity index (χ1v) is 7.16. The van der Waals surface area contributed by atoms with Gasteiger partial charge in [-0.05, 0) is 50.2 Å². The Kier molecular flexibility index (Phi) is 3.40. The maximum Gasteiger partial charge on any atom is 0.341 e. The Balaban J connectivity index is 1.75. The minimum absolute atomic E-state index is 0.291. The van der Waals surface area contributed by atoms with Crippen LogP contribution >= 0.6 is 0 Å². The molecule has 0 aliphatic heterocycles. The summed E-state index contributed by atoms with van der Waals surface area (Å²) in [6.07, 6.45) is 6.95. The predicted molar refractivity (Wildman–Crippen MR) is 73.1 cm³/mol. The average molecular weight is 260 g/mol. The van der Waals surface area contributed by atoms with E-state index in [0.29, 0.717) is 24.0 Å². The van der Waals surface area contributed by atoms with E-state index in [2.05, 4.69) is 10.3 Å². The average Bonchev–Trinajstić information content (AvgIpc) is 3.02. The zero-order chi connectivity index (χ0) is 13.2. The number of rotatable bonds is 4. The fraction of sp³-hybridized carbons (Fsp3) is 0.600. The van der Waals surface area contributed by atoms with Gasteiger partial charge in [-0.25, -0.2) is 9.78 Å². The van der Waals surface area contributed by atoms with Gasteiger partial charge in [0, 0.05) is 12.2 Å². The van der Waals surface area contributed by atoms with Crippen molar-refractivity contribution < 1.29 is 9.53 Å². The molecule has 0 amide bonds. The Morgan fingerprint density at radius 2 is 2.37 bits per heavy atom. The molecule has 3 atom stereocenters. The lowest BCUT2D eigenvalue weighted by molar-refractivity contribution is 0.0527. The summed E-state index contributed by atoms with van der Waals surface area (Å²) >= 11 is 0. The summed E-state index contributed by atoms with van der Waals surface area (Å²) in [4.78, 5) is 16.2. The molecule has 3 unspecified atom stereocenters. The van der Waals surface area contributed by atoms with Crippen LogP contribution in [0.3, 0.4) is 0 Å². The van der Waals surface area contributed by atoms with E-state index in [-0.39, 0.29) is 5.97 Å². The molecule has 1 N–H and O–H groups in total. The number of fused-ring (bicyclic) bond motifs is 2. The summed E-state index contributed by atoms with van der Waals surface area (Å²) in [6.45, 7) is 2.21. The second kappa shape index (κ2) is 5.19. The van der Waals surface area contributed by atoms with Crippen molar-refractivity contribution in [1.29, 1.82) is 0 Å². The second-order valence-corrected chi connectivity index (χ2v) is 5.55. The number of pyridine rings is 1. The molecule has 4 nitrogen and oxygen atoms in total. The van der Waals surface area contributed by atoms with Gasteiger partial charge in [-0.3, -0.25) is 0 Å². The number of nitrogens with one attached hydrogen (secondary N) is 1. The summed E-state index contributed by atoms with van der Waals surface area (Å²) in [5.74, 6) is 2.01. The van der Waals surface area contributed by atoms with Crippen LogP contribution < -0.4 is 5.32 Å². The molecule has 1 aromatic heterocycles. The SMILES string of the molecule is CCOC(=O)c1cccnc1NC1CC2CCC1C2. The van der Waals surface area contributed by atoms with Crippen molar-refractivity contribution in [3.8, 4) is 0 Å². The Labute approximate surface area is 113 Å². The molecule has 2 bridgehead atoms. The lowest BCUT2D eigenvalue weighted by Crippen LogP contribution is -2.27. The number of esters is 1. The van der Waals surface area contributed by atoms with Crippen molar-refractivity contribution in [2.45, 2.75) is 38.6 Å². The first-order valence-electron chi connectivity index (χ1n) is 7.16. The molecule has 1 aromatic rings. The van der Waals surface area contributed by atoms with Gasteiger partial charge in [0.05, 0.1) is 6.61 Å². The molecule has 0 radical (unpaired) electrons. The first kappa shape index (κ1) is 12.5. The number of carbonyl (C=O) groups is 1. The molecule has 102 valence electrons. The Morgan fingerprint density at radius 3 is 3.05 bits per heavy atom. The molecule has 1 heterocycles. The number of anilines is 1. The van der Waals surface area contributed by atoms with Crippen LogP contribution in [0.25, 0.3) is 0 Å². The molecule has 4 heteroatoms. The van der Waals surface area contributed by atoms with E-state index in [9.17, 15) is 4.79 Å². The van der Waals surface area contributed by atoms with Crippen LogP contribution in [-0.4, -0.2) is 23.6 Å². The van der Waals surface area contributed by atoms with Gasteiger partial charge in [0.15, 0.2) is 0 Å². The third-order valence-corrected chi connectivity index (χ3v) is 4.36. The molecule has 19 heavy (non-hydrogen) atoms. The third-order valence-electron chi connectivity index (χ3n) is 4.36. The van der Waals surface area contributed by atoms with Gasteiger partial charge in [-0.2, -0.15) is 0 Å². The van der Waals surface area contributed by atoms with Gasteiger partial charge in [0.25, 0.3) is 0 Å². The summed E-state index contributed by atoms with van der Waals surface area (Å²) in [7, 11) is 0. The fourth-order valence-electron chi connectivity index (χ4n) is 3.49. The summed E-state index contributed by atoms with van der Waals surface area (Å²) in [5.41, 5.74) is 0.548. The van der Waals surface area contributed by atoms with Crippen LogP contribution in [0.5, 0.6) is 0 Å². The monoisotopic (exact) mass is 260 g/mol. The molecule has 2 aliphatic carbocycles. The van der Waals surface area contributed by atoms with Crippen LogP contribution in [0.15, 0.2) is 18.3 Å². The quantitative estimate of drug-likeness (QED) is 0.846. The number of nitrogens with zero attached hydrogens (tertiary/aromatic N) is 1. The molecule has 0 saturated heterocycles. The van der Waals surface area contributed by atoms with Gasteiger partial charge in [-0.15, -0.1) is 0 Å². The van der Waals surface area contributed by atoms with Crippen LogP contribution in [0.1, 0.15) is 43.0 Å². The summed E-state index contributed by atoms with van der Waals surface area (Å²) < 4.78 is 5.08. The number of aromatic nitrogens is 1. The van der Waals surface area contributed by atoms with E-state index in [1.165, 1.54) is 25.7 Å². The van der Waals surface area contributed by atoms with Gasteiger partial charge >= 0.3 is 5.97 Å². The molecule has 2 aliphatic rings. The maximum atomic E-state index is 11.9. The number of hydrogen-bond acceptors (Lipinski definition) is 4. The van der Waals surface area contributed by atoms with Crippen molar-refractivity contribution >= 4 is 11.8 Å². The predicted octanol–water partition coefficient (Wildman–Crippen LogP) is 2.86. The van der Waals surface area contributed by atoms with Crippen LogP contribution in [0.4, 0.5) is 5.82 Å². The number of carbonyl (C=O) groups excluding carboxylic acids is 1. The van der Waals surface area contributed by atoms with E-state index in [4.69, 9.17) is 4.74 Å². The molecule has 0 spiro atoms. The van der Waals surface area contributed by atoms with E-state index >= 15 is 0 Å². The number of hydrogen-bond donors (Lipinski definition) is 1. The zero-order valence-corrected chi connectivity index (χ0v) is 11.3. The van der Waals surface area contributed by atoms with E-state index in [1.807, 2.05) is 6.92 Å². The second-order valence-electron chi connectivity index (χ2n) is 5.55. The van der Waals surface area contributed by atoms with Crippen molar-refractivity contribution in [3.63, 3.8) is 0 Å². The van der Waals surface area contributed by atoms with E-state index in [1.54, 1.807) is 18.3 Å². The highest BCUT2D eigenvalue weighted by Crippen LogP contribution is 2.45. The molecule has 2 saturated carbocycles. The van der Waals surface area contributed by atoms with Crippen LogP contribution in [-0.2, 0) is 4.74 Å². The molecule has 3 rings (SSSR count). The highest BCUT2D eigenvalue weighted by molar-refractivity contribution is 5.94. The molecule has 2 fully saturated rings. The minimum atomic E-state index is -0.291. The van der Waals surface area contributed by atoms with Gasteiger partial charge < -0.3 is 10.1 Å². The van der Waals surface area contributed by atoms with Crippen molar-refractivity contribution in [2.24, 2.45) is 11.8 Å². The van der Waals surface area contributed by atoms with E-state index in [0.717, 1.165) is 11.8 Å². The summed E-state index contributed by atoms with van der Waals surface area (Å²) in [5, 5.41) is 3.47.